The maximum absolute atomic E-state index is 11.2. The summed E-state index contributed by atoms with van der Waals surface area (Å²) in [5.74, 6) is 0.0686. The number of nitrogens with zero attached hydrogens (tertiary/aromatic N) is 3. The molecule has 18 heavy (non-hydrogen) atoms. The van der Waals surface area contributed by atoms with Crippen LogP contribution in [0.15, 0.2) is 18.5 Å². The number of hydrogen-bond donors (Lipinski definition) is 0. The van der Waals surface area contributed by atoms with Crippen LogP contribution < -0.4 is 0 Å². The normalized spacial score (nSPS) is 10.9. The van der Waals surface area contributed by atoms with Crippen molar-refractivity contribution < 1.29 is 4.79 Å². The second-order valence-corrected chi connectivity index (χ2v) is 4.69. The van der Waals surface area contributed by atoms with Gasteiger partial charge in [0.1, 0.15) is 0 Å². The molecular formula is C13H16ClN3O. The zero-order valence-electron chi connectivity index (χ0n) is 10.8. The first-order chi connectivity index (χ1) is 8.52. The molecule has 2 rings (SSSR count). The fraction of sp³-hybridized carbons (Fsp3) is 0.385. The zero-order chi connectivity index (χ0) is 13.3. The lowest BCUT2D eigenvalue weighted by Crippen LogP contribution is -2.04. The summed E-state index contributed by atoms with van der Waals surface area (Å²) in [6.45, 7) is 4.21. The van der Waals surface area contributed by atoms with Gasteiger partial charge in [0.05, 0.1) is 23.0 Å². The van der Waals surface area contributed by atoms with Gasteiger partial charge in [-0.3, -0.25) is 9.48 Å². The highest BCUT2D eigenvalue weighted by Crippen LogP contribution is 2.21. The molecule has 0 saturated carbocycles. The third-order valence-corrected chi connectivity index (χ3v) is 3.43. The minimum Gasteiger partial charge on any atom is -0.348 e. The smallest absolute Gasteiger partial charge is 0.161 e. The summed E-state index contributed by atoms with van der Waals surface area (Å²) in [5, 5.41) is 5.09. The van der Waals surface area contributed by atoms with Crippen LogP contribution in [0.3, 0.4) is 0 Å². The van der Waals surface area contributed by atoms with Crippen molar-refractivity contribution in [3.05, 3.63) is 40.4 Å². The lowest BCUT2D eigenvalue weighted by Gasteiger charge is -2.04. The van der Waals surface area contributed by atoms with Crippen LogP contribution in [0.5, 0.6) is 0 Å². The number of ketones is 1. The van der Waals surface area contributed by atoms with Crippen LogP contribution in [0.2, 0.25) is 5.02 Å². The number of Topliss-reactive ketones (excluding diaryl/α,β-unsaturated/α-hetero) is 1. The van der Waals surface area contributed by atoms with Crippen LogP contribution in [-0.2, 0) is 20.0 Å². The Kier molecular flexibility index (Phi) is 3.57. The Hall–Kier alpha value is -1.55. The monoisotopic (exact) mass is 265 g/mol. The summed E-state index contributed by atoms with van der Waals surface area (Å²) < 4.78 is 3.74. The Morgan fingerprint density at radius 2 is 2.22 bits per heavy atom. The maximum atomic E-state index is 11.2. The average molecular weight is 266 g/mol. The molecule has 0 aliphatic heterocycles. The molecule has 2 aromatic heterocycles. The first-order valence-corrected chi connectivity index (χ1v) is 6.27. The molecule has 4 nitrogen and oxygen atoms in total. The Balaban J connectivity index is 2.28. The highest BCUT2D eigenvalue weighted by Gasteiger charge is 2.13. The molecule has 0 spiro atoms. The topological polar surface area (TPSA) is 39.8 Å². The van der Waals surface area contributed by atoms with Crippen molar-refractivity contribution in [3.8, 4) is 0 Å². The summed E-state index contributed by atoms with van der Waals surface area (Å²) >= 11 is 6.29. The molecule has 0 atom stereocenters. The van der Waals surface area contributed by atoms with Gasteiger partial charge in [-0.2, -0.15) is 5.10 Å². The molecule has 0 aliphatic carbocycles. The molecule has 0 aromatic carbocycles. The molecule has 0 saturated heterocycles. The molecule has 96 valence electrons. The summed E-state index contributed by atoms with van der Waals surface area (Å²) in [6, 6.07) is 1.81. The predicted octanol–water partition coefficient (Wildman–Crippen LogP) is 2.69. The number of aromatic nitrogens is 3. The Morgan fingerprint density at radius 3 is 2.72 bits per heavy atom. The van der Waals surface area contributed by atoms with E-state index in [0.717, 1.165) is 22.8 Å². The predicted molar refractivity (Wildman–Crippen MR) is 71.1 cm³/mol. The van der Waals surface area contributed by atoms with E-state index in [1.165, 1.54) is 0 Å². The third-order valence-electron chi connectivity index (χ3n) is 2.99. The van der Waals surface area contributed by atoms with Crippen LogP contribution in [0, 0.1) is 0 Å². The summed E-state index contributed by atoms with van der Waals surface area (Å²) in [6.07, 6.45) is 4.53. The van der Waals surface area contributed by atoms with E-state index in [4.69, 9.17) is 11.6 Å². The maximum Gasteiger partial charge on any atom is 0.161 e. The van der Waals surface area contributed by atoms with Gasteiger partial charge in [0.2, 0.25) is 0 Å². The van der Waals surface area contributed by atoms with Gasteiger partial charge in [-0.1, -0.05) is 18.5 Å². The Labute approximate surface area is 111 Å². The van der Waals surface area contributed by atoms with Crippen LogP contribution in [0.1, 0.15) is 35.6 Å². The molecular weight excluding hydrogens is 250 g/mol. The van der Waals surface area contributed by atoms with Crippen molar-refractivity contribution in [2.45, 2.75) is 26.8 Å². The number of carbonyl (C=O) groups is 1. The second-order valence-electron chi connectivity index (χ2n) is 4.31. The van der Waals surface area contributed by atoms with Crippen LogP contribution in [0.4, 0.5) is 0 Å². The van der Waals surface area contributed by atoms with Gasteiger partial charge < -0.3 is 4.57 Å². The van der Waals surface area contributed by atoms with Crippen molar-refractivity contribution in [3.63, 3.8) is 0 Å². The fourth-order valence-corrected chi connectivity index (χ4v) is 2.27. The van der Waals surface area contributed by atoms with Gasteiger partial charge in [0.25, 0.3) is 0 Å². The standard InChI is InChI=1S/C13H16ClN3O/c1-4-11-13(14)12(16(3)15-11)8-17-6-5-10(7-17)9(2)18/h5-7H,4,8H2,1-3H3. The lowest BCUT2D eigenvalue weighted by molar-refractivity contribution is 0.101. The van der Waals surface area contributed by atoms with Crippen molar-refractivity contribution in [2.75, 3.05) is 0 Å². The van der Waals surface area contributed by atoms with E-state index in [0.29, 0.717) is 12.1 Å². The Morgan fingerprint density at radius 1 is 1.50 bits per heavy atom. The summed E-state index contributed by atoms with van der Waals surface area (Å²) in [5.41, 5.74) is 2.58. The van der Waals surface area contributed by atoms with Gasteiger partial charge in [-0.15, -0.1) is 0 Å². The van der Waals surface area contributed by atoms with E-state index >= 15 is 0 Å². The van der Waals surface area contributed by atoms with Crippen LogP contribution in [-0.4, -0.2) is 20.1 Å². The van der Waals surface area contributed by atoms with E-state index < -0.39 is 0 Å². The van der Waals surface area contributed by atoms with E-state index in [1.807, 2.05) is 37.0 Å². The Bertz CT molecular complexity index is 583. The number of rotatable bonds is 4. The van der Waals surface area contributed by atoms with E-state index in [-0.39, 0.29) is 5.78 Å². The molecule has 0 unspecified atom stereocenters. The van der Waals surface area contributed by atoms with Gasteiger partial charge in [0, 0.05) is 25.0 Å². The zero-order valence-corrected chi connectivity index (χ0v) is 11.5. The molecule has 0 amide bonds. The second kappa shape index (κ2) is 4.98. The van der Waals surface area contributed by atoms with Crippen LogP contribution >= 0.6 is 11.6 Å². The number of hydrogen-bond acceptors (Lipinski definition) is 2. The molecule has 0 radical (unpaired) electrons. The highest BCUT2D eigenvalue weighted by molar-refractivity contribution is 6.31. The van der Waals surface area contributed by atoms with Crippen molar-refractivity contribution in [2.24, 2.45) is 7.05 Å². The molecule has 0 aliphatic rings. The van der Waals surface area contributed by atoms with Crippen molar-refractivity contribution >= 4 is 17.4 Å². The van der Waals surface area contributed by atoms with E-state index in [9.17, 15) is 4.79 Å². The minimum absolute atomic E-state index is 0.0686. The first-order valence-electron chi connectivity index (χ1n) is 5.90. The number of halogens is 1. The molecule has 0 N–H and O–H groups in total. The fourth-order valence-electron chi connectivity index (χ4n) is 1.91. The quantitative estimate of drug-likeness (QED) is 0.798. The van der Waals surface area contributed by atoms with E-state index in [2.05, 4.69) is 5.10 Å². The average Bonchev–Trinajstić information content (AvgIpc) is 2.89. The van der Waals surface area contributed by atoms with E-state index in [1.54, 1.807) is 11.6 Å². The van der Waals surface area contributed by atoms with Gasteiger partial charge in [0.15, 0.2) is 5.78 Å². The molecule has 5 heteroatoms. The molecule has 0 fully saturated rings. The third kappa shape index (κ3) is 2.34. The highest BCUT2D eigenvalue weighted by atomic mass is 35.5. The summed E-state index contributed by atoms with van der Waals surface area (Å²) in [7, 11) is 1.88. The van der Waals surface area contributed by atoms with Crippen LogP contribution in [0.25, 0.3) is 0 Å². The van der Waals surface area contributed by atoms with Gasteiger partial charge >= 0.3 is 0 Å². The van der Waals surface area contributed by atoms with Crippen molar-refractivity contribution in [1.82, 2.24) is 14.3 Å². The number of aryl methyl sites for hydroxylation is 2. The SMILES string of the molecule is CCc1nn(C)c(Cn2ccc(C(C)=O)c2)c1Cl. The number of carbonyl (C=O) groups excluding carboxylic acids is 1. The largest absolute Gasteiger partial charge is 0.348 e. The molecule has 2 aromatic rings. The first kappa shape index (κ1) is 12.9. The summed E-state index contributed by atoms with van der Waals surface area (Å²) in [4.78, 5) is 11.2. The van der Waals surface area contributed by atoms with Gasteiger partial charge in [-0.25, -0.2) is 0 Å². The minimum atomic E-state index is 0.0686. The van der Waals surface area contributed by atoms with Gasteiger partial charge in [-0.05, 0) is 19.4 Å². The lowest BCUT2D eigenvalue weighted by atomic mass is 10.2. The molecule has 2 heterocycles. The van der Waals surface area contributed by atoms with Crippen molar-refractivity contribution in [1.29, 1.82) is 0 Å². The molecule has 0 bridgehead atoms.